The number of carbonyl (C=O) groups excluding carboxylic acids is 1. The lowest BCUT2D eigenvalue weighted by Gasteiger charge is -2.10. The Morgan fingerprint density at radius 3 is 3.00 bits per heavy atom. The molecule has 0 heterocycles. The maximum Gasteiger partial charge on any atom is 0.134 e. The molecule has 0 amide bonds. The molecular weight excluding hydrogens is 130 g/mol. The van der Waals surface area contributed by atoms with Crippen LogP contribution >= 0.6 is 0 Å². The normalized spacial score (nSPS) is 25.0. The van der Waals surface area contributed by atoms with E-state index in [1.54, 1.807) is 12.2 Å². The Hall–Kier alpha value is -1.25. The highest BCUT2D eigenvalue weighted by atomic mass is 16.3. The van der Waals surface area contributed by atoms with Gasteiger partial charge < -0.3 is 15.6 Å². The largest absolute Gasteiger partial charge is 0.506 e. The van der Waals surface area contributed by atoms with E-state index < -0.39 is 0 Å². The number of allylic oxidation sites excluding steroid dienone is 2. The molecule has 3 heteroatoms. The summed E-state index contributed by atoms with van der Waals surface area (Å²) in [6.45, 7) is 0. The molecule has 0 spiro atoms. The van der Waals surface area contributed by atoms with E-state index >= 15 is 0 Å². The van der Waals surface area contributed by atoms with Crippen molar-refractivity contribution in [1.29, 1.82) is 0 Å². The fourth-order valence-corrected chi connectivity index (χ4v) is 0.844. The Bertz CT molecular complexity index is 206. The quantitative estimate of drug-likeness (QED) is 0.519. The summed E-state index contributed by atoms with van der Waals surface area (Å²) in [4.78, 5) is 10.2. The zero-order chi connectivity index (χ0) is 7.56. The second-order valence-electron chi connectivity index (χ2n) is 2.25. The summed E-state index contributed by atoms with van der Waals surface area (Å²) in [5, 5.41) is 8.94. The van der Waals surface area contributed by atoms with Crippen molar-refractivity contribution in [3.63, 3.8) is 0 Å². The summed E-state index contributed by atoms with van der Waals surface area (Å²) >= 11 is 0. The van der Waals surface area contributed by atoms with E-state index in [2.05, 4.69) is 0 Å². The van der Waals surface area contributed by atoms with Gasteiger partial charge >= 0.3 is 0 Å². The van der Waals surface area contributed by atoms with E-state index in [9.17, 15) is 4.79 Å². The van der Waals surface area contributed by atoms with Crippen LogP contribution in [0.4, 0.5) is 0 Å². The Morgan fingerprint density at radius 2 is 2.50 bits per heavy atom. The van der Waals surface area contributed by atoms with Crippen LogP contribution in [-0.4, -0.2) is 11.4 Å². The minimum Gasteiger partial charge on any atom is -0.506 e. The van der Waals surface area contributed by atoms with E-state index in [1.807, 2.05) is 0 Å². The van der Waals surface area contributed by atoms with E-state index in [-0.39, 0.29) is 11.7 Å². The van der Waals surface area contributed by atoms with Crippen LogP contribution in [0.25, 0.3) is 0 Å². The predicted octanol–water partition coefficient (Wildman–Crippen LogP) is 0.490. The summed E-state index contributed by atoms with van der Waals surface area (Å²) in [6, 6.07) is 0. The Morgan fingerprint density at radius 1 is 1.80 bits per heavy atom. The summed E-state index contributed by atoms with van der Waals surface area (Å²) < 4.78 is 0. The van der Waals surface area contributed by atoms with Gasteiger partial charge in [-0.1, -0.05) is 0 Å². The first-order valence-electron chi connectivity index (χ1n) is 3.06. The van der Waals surface area contributed by atoms with Crippen molar-refractivity contribution in [2.24, 2.45) is 11.7 Å². The lowest BCUT2D eigenvalue weighted by Crippen LogP contribution is -2.10. The van der Waals surface area contributed by atoms with Crippen molar-refractivity contribution in [2.75, 3.05) is 0 Å². The Labute approximate surface area is 58.8 Å². The minimum absolute atomic E-state index is 0.0816. The highest BCUT2D eigenvalue weighted by Gasteiger charge is 2.10. The molecule has 3 N–H and O–H groups in total. The number of aliphatic hydroxyl groups is 1. The summed E-state index contributed by atoms with van der Waals surface area (Å²) in [5.41, 5.74) is 5.62. The third-order valence-corrected chi connectivity index (χ3v) is 1.45. The second kappa shape index (κ2) is 2.56. The molecule has 1 unspecified atom stereocenters. The number of aliphatic hydroxyl groups excluding tert-OH is 1. The van der Waals surface area contributed by atoms with E-state index in [1.165, 1.54) is 0 Å². The average molecular weight is 139 g/mol. The Balaban J connectivity index is 2.75. The van der Waals surface area contributed by atoms with Crippen LogP contribution in [0.2, 0.25) is 0 Å². The van der Waals surface area contributed by atoms with E-state index in [0.717, 1.165) is 6.29 Å². The number of hydrogen-bond donors (Lipinski definition) is 2. The van der Waals surface area contributed by atoms with Crippen LogP contribution in [-0.2, 0) is 4.79 Å². The molecule has 0 bridgehead atoms. The van der Waals surface area contributed by atoms with Gasteiger partial charge in [0.2, 0.25) is 0 Å². The number of rotatable bonds is 1. The Kier molecular flexibility index (Phi) is 1.76. The molecule has 1 aliphatic carbocycles. The molecule has 0 saturated carbocycles. The average Bonchev–Trinajstić information content (AvgIpc) is 1.95. The molecule has 1 rings (SSSR count). The summed E-state index contributed by atoms with van der Waals surface area (Å²) in [7, 11) is 0. The number of aldehydes is 1. The third-order valence-electron chi connectivity index (χ3n) is 1.45. The molecule has 0 saturated heterocycles. The first kappa shape index (κ1) is 6.86. The maximum absolute atomic E-state index is 10.2. The fraction of sp³-hybridized carbons (Fsp3) is 0.286. The van der Waals surface area contributed by atoms with Gasteiger partial charge in [-0.2, -0.15) is 0 Å². The van der Waals surface area contributed by atoms with Gasteiger partial charge in [-0.25, -0.2) is 0 Å². The molecule has 0 aromatic carbocycles. The number of carbonyl (C=O) groups is 1. The zero-order valence-corrected chi connectivity index (χ0v) is 5.45. The van der Waals surface area contributed by atoms with Gasteiger partial charge in [0.25, 0.3) is 0 Å². The van der Waals surface area contributed by atoms with Gasteiger partial charge in [0.05, 0.1) is 5.70 Å². The van der Waals surface area contributed by atoms with Gasteiger partial charge in [0, 0.05) is 5.92 Å². The molecule has 0 radical (unpaired) electrons. The van der Waals surface area contributed by atoms with E-state index in [4.69, 9.17) is 10.8 Å². The third kappa shape index (κ3) is 1.18. The minimum atomic E-state index is -0.157. The van der Waals surface area contributed by atoms with Gasteiger partial charge in [0.15, 0.2) is 0 Å². The van der Waals surface area contributed by atoms with Crippen molar-refractivity contribution in [1.82, 2.24) is 0 Å². The van der Waals surface area contributed by atoms with Crippen molar-refractivity contribution in [2.45, 2.75) is 6.42 Å². The standard InChI is InChI=1S/C7H9NO2/c8-6-3-5(4-9)1-2-7(6)10/h2-5,10H,1,8H2. The van der Waals surface area contributed by atoms with Gasteiger partial charge in [-0.3, -0.25) is 0 Å². The highest BCUT2D eigenvalue weighted by molar-refractivity contribution is 5.58. The maximum atomic E-state index is 10.2. The first-order chi connectivity index (χ1) is 4.74. The smallest absolute Gasteiger partial charge is 0.134 e. The van der Waals surface area contributed by atoms with Crippen molar-refractivity contribution >= 4 is 6.29 Å². The monoisotopic (exact) mass is 139 g/mol. The van der Waals surface area contributed by atoms with Crippen LogP contribution in [0.15, 0.2) is 23.6 Å². The van der Waals surface area contributed by atoms with Gasteiger partial charge in [0.1, 0.15) is 12.0 Å². The van der Waals surface area contributed by atoms with Crippen LogP contribution in [0.1, 0.15) is 6.42 Å². The zero-order valence-electron chi connectivity index (χ0n) is 5.45. The van der Waals surface area contributed by atoms with Crippen LogP contribution < -0.4 is 5.73 Å². The molecule has 3 nitrogen and oxygen atoms in total. The molecule has 0 aromatic rings. The lowest BCUT2D eigenvalue weighted by molar-refractivity contribution is -0.109. The summed E-state index contributed by atoms with van der Waals surface area (Å²) in [6.07, 6.45) is 4.47. The lowest BCUT2D eigenvalue weighted by atomic mass is 10.0. The first-order valence-corrected chi connectivity index (χ1v) is 3.06. The fourth-order valence-electron chi connectivity index (χ4n) is 0.844. The van der Waals surface area contributed by atoms with E-state index in [0.29, 0.717) is 12.1 Å². The second-order valence-corrected chi connectivity index (χ2v) is 2.25. The number of nitrogens with two attached hydrogens (primary N) is 1. The van der Waals surface area contributed by atoms with Gasteiger partial charge in [-0.05, 0) is 18.6 Å². The van der Waals surface area contributed by atoms with Crippen molar-refractivity contribution in [3.8, 4) is 0 Å². The molecule has 1 aliphatic rings. The molecule has 10 heavy (non-hydrogen) atoms. The molecule has 0 aliphatic heterocycles. The SMILES string of the molecule is NC1=CC(C=O)CC=C1O. The van der Waals surface area contributed by atoms with Crippen LogP contribution in [0, 0.1) is 5.92 Å². The molecule has 0 aromatic heterocycles. The van der Waals surface area contributed by atoms with Gasteiger partial charge in [-0.15, -0.1) is 0 Å². The molecule has 1 atom stereocenters. The predicted molar refractivity (Wildman–Crippen MR) is 37.2 cm³/mol. The molecule has 54 valence electrons. The molecule has 0 fully saturated rings. The highest BCUT2D eigenvalue weighted by Crippen LogP contribution is 2.15. The molecular formula is C7H9NO2. The topological polar surface area (TPSA) is 63.3 Å². The summed E-state index contributed by atoms with van der Waals surface area (Å²) in [5.74, 6) is -0.0750. The number of hydrogen-bond acceptors (Lipinski definition) is 3. The van der Waals surface area contributed by atoms with Crippen LogP contribution in [0.5, 0.6) is 0 Å². The van der Waals surface area contributed by atoms with Crippen molar-refractivity contribution in [3.05, 3.63) is 23.6 Å². The van der Waals surface area contributed by atoms with Crippen LogP contribution in [0.3, 0.4) is 0 Å². The van der Waals surface area contributed by atoms with Crippen molar-refractivity contribution < 1.29 is 9.90 Å².